The molecule has 2 N–H and O–H groups in total. The predicted octanol–water partition coefficient (Wildman–Crippen LogP) is 5.55. The third kappa shape index (κ3) is 6.83. The van der Waals surface area contributed by atoms with Crippen LogP contribution in [-0.4, -0.2) is 35.0 Å². The zero-order chi connectivity index (χ0) is 26.8. The van der Waals surface area contributed by atoms with Gasteiger partial charge in [0.1, 0.15) is 6.04 Å². The van der Waals surface area contributed by atoms with Gasteiger partial charge in [-0.2, -0.15) is 0 Å². The van der Waals surface area contributed by atoms with E-state index in [0.717, 1.165) is 10.6 Å². The first-order chi connectivity index (χ1) is 16.7. The Morgan fingerprint density at radius 3 is 1.97 bits per heavy atom. The summed E-state index contributed by atoms with van der Waals surface area (Å²) in [5.74, 6) is -0.623. The van der Waals surface area contributed by atoms with Crippen LogP contribution in [0.1, 0.15) is 12.5 Å². The molecule has 13 heteroatoms. The molecule has 1 atom stereocenters. The van der Waals surface area contributed by atoms with Crippen molar-refractivity contribution in [3.8, 4) is 0 Å². The molecule has 0 radical (unpaired) electrons. The summed E-state index contributed by atoms with van der Waals surface area (Å²) in [5.41, 5.74) is 1.36. The van der Waals surface area contributed by atoms with Crippen LogP contribution in [0.25, 0.3) is 0 Å². The molecule has 3 aromatic rings. The number of anilines is 3. The van der Waals surface area contributed by atoms with E-state index in [0.29, 0.717) is 10.6 Å². The third-order valence-corrected chi connectivity index (χ3v) is 8.34. The molecule has 0 unspecified atom stereocenters. The molecular formula is C23H22Cl3N3O5S2. The highest BCUT2D eigenvalue weighted by Crippen LogP contribution is 2.29. The number of hydrogen-bond acceptors (Lipinski definition) is 5. The van der Waals surface area contributed by atoms with Gasteiger partial charge in [0.15, 0.2) is 0 Å². The highest BCUT2D eigenvalue weighted by molar-refractivity contribution is 7.92. The molecule has 0 aliphatic carbocycles. The van der Waals surface area contributed by atoms with E-state index in [1.54, 1.807) is 19.1 Å². The summed E-state index contributed by atoms with van der Waals surface area (Å²) >= 11 is 17.9. The maximum Gasteiger partial charge on any atom is 0.261 e. The maximum absolute atomic E-state index is 13.0. The fourth-order valence-corrected chi connectivity index (χ4v) is 6.35. The summed E-state index contributed by atoms with van der Waals surface area (Å²) in [6.07, 6.45) is 0.997. The summed E-state index contributed by atoms with van der Waals surface area (Å²) in [6.45, 7) is 3.15. The van der Waals surface area contributed by atoms with E-state index in [-0.39, 0.29) is 32.0 Å². The summed E-state index contributed by atoms with van der Waals surface area (Å²) in [5, 5.41) is 3.47. The Kier molecular flexibility index (Phi) is 8.47. The smallest absolute Gasteiger partial charge is 0.261 e. The van der Waals surface area contributed by atoms with E-state index < -0.39 is 32.0 Å². The fraction of sp³-hybridized carbons (Fsp3) is 0.174. The average molecular weight is 591 g/mol. The minimum absolute atomic E-state index is 0.0723. The summed E-state index contributed by atoms with van der Waals surface area (Å²) in [6, 6.07) is 13.3. The first kappa shape index (κ1) is 28.1. The van der Waals surface area contributed by atoms with E-state index in [4.69, 9.17) is 34.8 Å². The van der Waals surface area contributed by atoms with Gasteiger partial charge in [0.25, 0.3) is 10.0 Å². The molecule has 3 rings (SSSR count). The second-order valence-electron chi connectivity index (χ2n) is 7.94. The Hall–Kier alpha value is -2.50. The monoisotopic (exact) mass is 589 g/mol. The fourth-order valence-electron chi connectivity index (χ4n) is 3.39. The molecule has 0 aliphatic heterocycles. The first-order valence-electron chi connectivity index (χ1n) is 10.3. The molecule has 3 aromatic carbocycles. The number of carbonyl (C=O) groups excluding carboxylic acids is 1. The van der Waals surface area contributed by atoms with Crippen LogP contribution in [0.4, 0.5) is 17.1 Å². The SMILES string of the molecule is Cc1ccc(Cl)cc1N([C@H](C)C(=O)Nc1ccc(S(=O)(=O)Nc2cc(Cl)cc(Cl)c2)cc1)S(C)(=O)=O. The van der Waals surface area contributed by atoms with E-state index in [2.05, 4.69) is 10.0 Å². The van der Waals surface area contributed by atoms with Crippen LogP contribution in [0.15, 0.2) is 65.6 Å². The normalized spacial score (nSPS) is 12.6. The maximum atomic E-state index is 13.0. The molecule has 0 aromatic heterocycles. The molecule has 36 heavy (non-hydrogen) atoms. The quantitative estimate of drug-likeness (QED) is 0.357. The van der Waals surface area contributed by atoms with E-state index in [1.807, 2.05) is 0 Å². The van der Waals surface area contributed by atoms with Crippen molar-refractivity contribution >= 4 is 77.8 Å². The number of hydrogen-bond donors (Lipinski definition) is 2. The lowest BCUT2D eigenvalue weighted by Gasteiger charge is -2.29. The van der Waals surface area contributed by atoms with Crippen molar-refractivity contribution in [1.29, 1.82) is 0 Å². The first-order valence-corrected chi connectivity index (χ1v) is 14.8. The molecule has 0 heterocycles. The number of carbonyl (C=O) groups is 1. The van der Waals surface area contributed by atoms with Gasteiger partial charge in [0.05, 0.1) is 22.5 Å². The van der Waals surface area contributed by atoms with Crippen molar-refractivity contribution in [3.63, 3.8) is 0 Å². The van der Waals surface area contributed by atoms with Crippen molar-refractivity contribution in [1.82, 2.24) is 0 Å². The summed E-state index contributed by atoms with van der Waals surface area (Å²) < 4.78 is 53.9. The molecule has 0 saturated heterocycles. The summed E-state index contributed by atoms with van der Waals surface area (Å²) in [4.78, 5) is 12.9. The van der Waals surface area contributed by atoms with Crippen LogP contribution in [0.5, 0.6) is 0 Å². The largest absolute Gasteiger partial charge is 0.324 e. The van der Waals surface area contributed by atoms with Gasteiger partial charge in [-0.15, -0.1) is 0 Å². The van der Waals surface area contributed by atoms with Crippen molar-refractivity contribution in [3.05, 3.63) is 81.3 Å². The molecule has 0 bridgehead atoms. The van der Waals surface area contributed by atoms with Gasteiger partial charge in [-0.25, -0.2) is 16.8 Å². The Bertz CT molecular complexity index is 1490. The van der Waals surface area contributed by atoms with Crippen molar-refractivity contribution in [2.75, 3.05) is 20.6 Å². The predicted molar refractivity (Wildman–Crippen MR) is 145 cm³/mol. The topological polar surface area (TPSA) is 113 Å². The van der Waals surface area contributed by atoms with Gasteiger partial charge >= 0.3 is 0 Å². The second-order valence-corrected chi connectivity index (χ2v) is 12.8. The van der Waals surface area contributed by atoms with Crippen molar-refractivity contribution in [2.45, 2.75) is 24.8 Å². The molecular weight excluding hydrogens is 569 g/mol. The number of aryl methyl sites for hydroxylation is 1. The molecule has 0 fully saturated rings. The number of nitrogens with one attached hydrogen (secondary N) is 2. The zero-order valence-electron chi connectivity index (χ0n) is 19.3. The minimum Gasteiger partial charge on any atom is -0.324 e. The minimum atomic E-state index is -3.97. The van der Waals surface area contributed by atoms with Crippen LogP contribution in [-0.2, 0) is 24.8 Å². The molecule has 192 valence electrons. The molecule has 0 spiro atoms. The average Bonchev–Trinajstić information content (AvgIpc) is 2.74. The lowest BCUT2D eigenvalue weighted by molar-refractivity contribution is -0.116. The third-order valence-electron chi connectivity index (χ3n) is 5.04. The Balaban J connectivity index is 1.80. The van der Waals surface area contributed by atoms with E-state index >= 15 is 0 Å². The molecule has 0 saturated carbocycles. The summed E-state index contributed by atoms with van der Waals surface area (Å²) in [7, 11) is -7.81. The van der Waals surface area contributed by atoms with Gasteiger partial charge in [-0.05, 0) is 74.0 Å². The lowest BCUT2D eigenvalue weighted by Crippen LogP contribution is -2.45. The number of halogens is 3. The highest BCUT2D eigenvalue weighted by atomic mass is 35.5. The molecule has 0 aliphatic rings. The van der Waals surface area contributed by atoms with Crippen molar-refractivity contribution in [2.24, 2.45) is 0 Å². The number of benzene rings is 3. The number of sulfonamides is 2. The lowest BCUT2D eigenvalue weighted by atomic mass is 10.1. The van der Waals surface area contributed by atoms with Crippen LogP contribution in [0, 0.1) is 6.92 Å². The van der Waals surface area contributed by atoms with Crippen LogP contribution < -0.4 is 14.3 Å². The Morgan fingerprint density at radius 2 is 1.42 bits per heavy atom. The molecule has 1 amide bonds. The standard InChI is InChI=1S/C23H22Cl3N3O5S2/c1-14-4-5-16(24)13-22(14)29(35(3,31)32)15(2)23(30)27-19-6-8-21(9-7-19)36(33,34)28-20-11-17(25)10-18(26)12-20/h4-13,15,28H,1-3H3,(H,27,30)/t15-/m1/s1. The van der Waals surface area contributed by atoms with Gasteiger partial charge in [-0.3, -0.25) is 13.8 Å². The van der Waals surface area contributed by atoms with Gasteiger partial charge in [-0.1, -0.05) is 40.9 Å². The van der Waals surface area contributed by atoms with E-state index in [9.17, 15) is 21.6 Å². The molecule has 8 nitrogen and oxygen atoms in total. The van der Waals surface area contributed by atoms with Crippen LogP contribution >= 0.6 is 34.8 Å². The van der Waals surface area contributed by atoms with Gasteiger partial charge < -0.3 is 5.32 Å². The van der Waals surface area contributed by atoms with Crippen LogP contribution in [0.2, 0.25) is 15.1 Å². The second kappa shape index (κ2) is 10.9. The van der Waals surface area contributed by atoms with Crippen LogP contribution in [0.3, 0.4) is 0 Å². The number of rotatable bonds is 8. The zero-order valence-corrected chi connectivity index (χ0v) is 23.2. The van der Waals surface area contributed by atoms with Gasteiger partial charge in [0, 0.05) is 20.8 Å². The van der Waals surface area contributed by atoms with E-state index in [1.165, 1.54) is 55.5 Å². The Labute approximate surface area is 225 Å². The number of amides is 1. The highest BCUT2D eigenvalue weighted by Gasteiger charge is 2.30. The van der Waals surface area contributed by atoms with Crippen molar-refractivity contribution < 1.29 is 21.6 Å². The van der Waals surface area contributed by atoms with Gasteiger partial charge in [0.2, 0.25) is 15.9 Å². The Morgan fingerprint density at radius 1 is 0.833 bits per heavy atom. The number of nitrogens with zero attached hydrogens (tertiary/aromatic N) is 1.